The van der Waals surface area contributed by atoms with Gasteiger partial charge in [0.2, 0.25) is 0 Å². The van der Waals surface area contributed by atoms with Gasteiger partial charge in [0.25, 0.3) is 0 Å². The van der Waals surface area contributed by atoms with Gasteiger partial charge in [-0.2, -0.15) is 0 Å². The molecular weight excluding hydrogens is 356 g/mol. The van der Waals surface area contributed by atoms with Crippen LogP contribution in [0.3, 0.4) is 0 Å². The van der Waals surface area contributed by atoms with Crippen LogP contribution < -0.4 is 10.5 Å². The Kier molecular flexibility index (Phi) is 4.14. The summed E-state index contributed by atoms with van der Waals surface area (Å²) < 4.78 is 40.2. The number of hydrogen-bond acceptors (Lipinski definition) is 4. The van der Waals surface area contributed by atoms with Crippen molar-refractivity contribution >= 4 is 28.6 Å². The van der Waals surface area contributed by atoms with Crippen LogP contribution in [0.25, 0.3) is 0 Å². The molecule has 0 unspecified atom stereocenters. The van der Waals surface area contributed by atoms with Gasteiger partial charge in [-0.05, 0) is 28.7 Å². The number of carboxylic acid groups (broad SMARTS) is 1. The summed E-state index contributed by atoms with van der Waals surface area (Å²) in [4.78, 5) is 14.5. The van der Waals surface area contributed by atoms with Gasteiger partial charge < -0.3 is 15.6 Å². The average Bonchev–Trinajstić information content (AvgIpc) is 2.17. The van der Waals surface area contributed by atoms with E-state index in [9.17, 15) is 18.0 Å². The second-order valence-corrected chi connectivity index (χ2v) is 3.93. The Labute approximate surface area is 107 Å². The van der Waals surface area contributed by atoms with Crippen LogP contribution in [0.5, 0.6) is 5.75 Å². The lowest BCUT2D eigenvalue weighted by Gasteiger charge is -2.14. The maximum absolute atomic E-state index is 12.1. The van der Waals surface area contributed by atoms with E-state index >= 15 is 0 Å². The molecule has 1 heterocycles. The second kappa shape index (κ2) is 5.04. The van der Waals surface area contributed by atoms with E-state index in [0.717, 1.165) is 6.07 Å². The van der Waals surface area contributed by atoms with Crippen molar-refractivity contribution in [3.63, 3.8) is 0 Å². The molecular formula is C8H6F3IN2O3. The standard InChI is InChI=1S/C8H6F3IN2O3/c9-8(10,11)17-6-3(7(15)16)1-5(12)14-4(6)2-13/h1H,2,13H2,(H,15,16). The summed E-state index contributed by atoms with van der Waals surface area (Å²) in [5.41, 5.74) is 4.32. The molecule has 9 heteroatoms. The fourth-order valence-corrected chi connectivity index (χ4v) is 1.68. The lowest BCUT2D eigenvalue weighted by Crippen LogP contribution is -2.22. The zero-order chi connectivity index (χ0) is 13.2. The molecule has 3 N–H and O–H groups in total. The van der Waals surface area contributed by atoms with E-state index in [1.54, 1.807) is 22.6 Å². The molecule has 0 aliphatic heterocycles. The van der Waals surface area contributed by atoms with Crippen molar-refractivity contribution in [3.05, 3.63) is 21.0 Å². The molecule has 1 rings (SSSR count). The van der Waals surface area contributed by atoms with Crippen LogP contribution >= 0.6 is 22.6 Å². The SMILES string of the molecule is NCc1nc(I)cc(C(=O)O)c1OC(F)(F)F. The minimum Gasteiger partial charge on any atom is -0.478 e. The maximum Gasteiger partial charge on any atom is 0.573 e. The Morgan fingerprint density at radius 2 is 2.18 bits per heavy atom. The van der Waals surface area contributed by atoms with Gasteiger partial charge in [0.1, 0.15) is 9.26 Å². The molecule has 0 aromatic carbocycles. The van der Waals surface area contributed by atoms with Gasteiger partial charge in [0, 0.05) is 6.54 Å². The molecule has 1 aromatic heterocycles. The Bertz CT molecular complexity index is 450. The number of ether oxygens (including phenoxy) is 1. The molecule has 0 fully saturated rings. The van der Waals surface area contributed by atoms with Gasteiger partial charge in [-0.15, -0.1) is 13.2 Å². The van der Waals surface area contributed by atoms with Gasteiger partial charge in [0.15, 0.2) is 5.75 Å². The van der Waals surface area contributed by atoms with Crippen molar-refractivity contribution in [2.24, 2.45) is 5.73 Å². The van der Waals surface area contributed by atoms with Crippen LogP contribution in [0.2, 0.25) is 0 Å². The summed E-state index contributed by atoms with van der Waals surface area (Å²) in [5, 5.41) is 8.79. The van der Waals surface area contributed by atoms with Crippen molar-refractivity contribution in [1.82, 2.24) is 4.98 Å². The summed E-state index contributed by atoms with van der Waals surface area (Å²) in [5.74, 6) is -2.41. The predicted molar refractivity (Wildman–Crippen MR) is 58.5 cm³/mol. The van der Waals surface area contributed by atoms with Gasteiger partial charge in [0.05, 0.1) is 5.69 Å². The third-order valence-corrected chi connectivity index (χ3v) is 2.21. The van der Waals surface area contributed by atoms with Crippen molar-refractivity contribution in [2.45, 2.75) is 12.9 Å². The Balaban J connectivity index is 3.37. The minimum absolute atomic E-state index is 0.218. The Morgan fingerprint density at radius 3 is 2.59 bits per heavy atom. The molecule has 0 amide bonds. The molecule has 0 aliphatic carbocycles. The third kappa shape index (κ3) is 3.70. The first-order valence-electron chi connectivity index (χ1n) is 4.13. The lowest BCUT2D eigenvalue weighted by molar-refractivity contribution is -0.275. The largest absolute Gasteiger partial charge is 0.573 e. The molecule has 1 aromatic rings. The fourth-order valence-electron chi connectivity index (χ4n) is 1.08. The first kappa shape index (κ1) is 14.0. The van der Waals surface area contributed by atoms with Crippen LogP contribution in [0.1, 0.15) is 16.1 Å². The topological polar surface area (TPSA) is 85.4 Å². The number of rotatable bonds is 3. The molecule has 0 aliphatic rings. The highest BCUT2D eigenvalue weighted by Crippen LogP contribution is 2.30. The zero-order valence-corrected chi connectivity index (χ0v) is 10.2. The van der Waals surface area contributed by atoms with Crippen LogP contribution in [0, 0.1) is 3.70 Å². The Hall–Kier alpha value is -1.10. The Morgan fingerprint density at radius 1 is 1.59 bits per heavy atom. The molecule has 0 atom stereocenters. The number of alkyl halides is 3. The number of aromatic carboxylic acids is 1. The zero-order valence-electron chi connectivity index (χ0n) is 8.08. The summed E-state index contributed by atoms with van der Waals surface area (Å²) in [6.07, 6.45) is -5.00. The van der Waals surface area contributed by atoms with E-state index in [0.29, 0.717) is 0 Å². The number of halogens is 4. The highest BCUT2D eigenvalue weighted by Gasteiger charge is 2.34. The quantitative estimate of drug-likeness (QED) is 0.632. The number of aromatic nitrogens is 1. The summed E-state index contributed by atoms with van der Waals surface area (Å²) in [6.45, 7) is -0.359. The summed E-state index contributed by atoms with van der Waals surface area (Å²) >= 11 is 1.67. The molecule has 0 spiro atoms. The molecule has 0 saturated carbocycles. The number of nitrogens with zero attached hydrogens (tertiary/aromatic N) is 1. The van der Waals surface area contributed by atoms with E-state index in [2.05, 4.69) is 9.72 Å². The number of carbonyl (C=O) groups is 1. The lowest BCUT2D eigenvalue weighted by atomic mass is 10.2. The van der Waals surface area contributed by atoms with Crippen LogP contribution in [-0.2, 0) is 6.54 Å². The van der Waals surface area contributed by atoms with Gasteiger partial charge in [-0.25, -0.2) is 9.78 Å². The highest BCUT2D eigenvalue weighted by molar-refractivity contribution is 14.1. The molecule has 0 radical (unpaired) electrons. The maximum atomic E-state index is 12.1. The third-order valence-electron chi connectivity index (χ3n) is 1.65. The van der Waals surface area contributed by atoms with E-state index in [-0.39, 0.29) is 15.9 Å². The van der Waals surface area contributed by atoms with Gasteiger partial charge in [-0.1, -0.05) is 0 Å². The van der Waals surface area contributed by atoms with Crippen LogP contribution in [-0.4, -0.2) is 22.4 Å². The summed E-state index contributed by atoms with van der Waals surface area (Å²) in [7, 11) is 0. The van der Waals surface area contributed by atoms with Crippen molar-refractivity contribution in [2.75, 3.05) is 0 Å². The number of pyridine rings is 1. The molecule has 94 valence electrons. The van der Waals surface area contributed by atoms with E-state index in [1.807, 2.05) is 0 Å². The van der Waals surface area contributed by atoms with E-state index < -0.39 is 23.6 Å². The molecule has 17 heavy (non-hydrogen) atoms. The average molecular weight is 362 g/mol. The van der Waals surface area contributed by atoms with Gasteiger partial charge in [-0.3, -0.25) is 0 Å². The van der Waals surface area contributed by atoms with E-state index in [1.165, 1.54) is 0 Å². The summed E-state index contributed by atoms with van der Waals surface area (Å²) in [6, 6.07) is 0.975. The molecule has 0 saturated heterocycles. The second-order valence-electron chi connectivity index (χ2n) is 2.83. The molecule has 5 nitrogen and oxygen atoms in total. The van der Waals surface area contributed by atoms with Gasteiger partial charge >= 0.3 is 12.3 Å². The number of carboxylic acids is 1. The highest BCUT2D eigenvalue weighted by atomic mass is 127. The monoisotopic (exact) mass is 362 g/mol. The van der Waals surface area contributed by atoms with Crippen molar-refractivity contribution < 1.29 is 27.8 Å². The smallest absolute Gasteiger partial charge is 0.478 e. The minimum atomic E-state index is -5.00. The van der Waals surface area contributed by atoms with E-state index in [4.69, 9.17) is 10.8 Å². The number of hydrogen-bond donors (Lipinski definition) is 2. The predicted octanol–water partition coefficient (Wildman–Crippen LogP) is 1.74. The molecule has 0 bridgehead atoms. The normalized spacial score (nSPS) is 11.4. The van der Waals surface area contributed by atoms with Crippen LogP contribution in [0.15, 0.2) is 6.07 Å². The number of nitrogens with two attached hydrogens (primary N) is 1. The fraction of sp³-hybridized carbons (Fsp3) is 0.250. The van der Waals surface area contributed by atoms with Crippen molar-refractivity contribution in [1.29, 1.82) is 0 Å². The first-order chi connectivity index (χ1) is 7.74. The van der Waals surface area contributed by atoms with Crippen molar-refractivity contribution in [3.8, 4) is 5.75 Å². The first-order valence-corrected chi connectivity index (χ1v) is 5.21. The van der Waals surface area contributed by atoms with Crippen LogP contribution in [0.4, 0.5) is 13.2 Å².